The van der Waals surface area contributed by atoms with E-state index in [4.69, 9.17) is 4.74 Å². The zero-order valence-electron chi connectivity index (χ0n) is 17.1. The third-order valence-corrected chi connectivity index (χ3v) is 4.87. The Balaban J connectivity index is 0.00000420. The molecule has 1 aromatic heterocycles. The molecule has 0 saturated carbocycles. The van der Waals surface area contributed by atoms with Gasteiger partial charge in [-0.1, -0.05) is 0 Å². The van der Waals surface area contributed by atoms with Crippen molar-refractivity contribution in [3.8, 4) is 0 Å². The topological polar surface area (TPSA) is 74.9 Å². The van der Waals surface area contributed by atoms with Crippen LogP contribution in [0.1, 0.15) is 38.9 Å². The molecule has 0 radical (unpaired) electrons. The molecule has 1 fully saturated rings. The highest BCUT2D eigenvalue weighted by Gasteiger charge is 2.57. The molecule has 2 N–H and O–H groups in total. The Labute approximate surface area is 186 Å². The number of hydrogen-bond donors (Lipinski definition) is 2. The van der Waals surface area contributed by atoms with Crippen molar-refractivity contribution in [3.05, 3.63) is 18.2 Å². The molecule has 0 aromatic carbocycles. The maximum absolute atomic E-state index is 13.6. The van der Waals surface area contributed by atoms with Crippen molar-refractivity contribution in [1.29, 1.82) is 0 Å². The Kier molecular flexibility index (Phi) is 10.2. The van der Waals surface area contributed by atoms with Gasteiger partial charge in [-0.3, -0.25) is 4.99 Å². The Morgan fingerprint density at radius 1 is 1.34 bits per heavy atom. The molecule has 7 nitrogen and oxygen atoms in total. The van der Waals surface area contributed by atoms with E-state index in [1.807, 2.05) is 18.7 Å². The number of imidazole rings is 1. The summed E-state index contributed by atoms with van der Waals surface area (Å²) >= 11 is 0. The van der Waals surface area contributed by atoms with E-state index in [0.717, 1.165) is 25.9 Å². The molecule has 1 atom stereocenters. The molecule has 1 aliphatic heterocycles. The fourth-order valence-electron chi connectivity index (χ4n) is 3.36. The SMILES string of the molecule is CCNC(=NCCC(O)(c1nccn1C)C(F)(F)F)N1CCC(OCC)CC1.I. The molecule has 0 aliphatic carbocycles. The van der Waals surface area contributed by atoms with Crippen LogP contribution in [0.15, 0.2) is 17.4 Å². The minimum atomic E-state index is -4.85. The van der Waals surface area contributed by atoms with Gasteiger partial charge in [0.1, 0.15) is 5.82 Å². The molecule has 0 amide bonds. The van der Waals surface area contributed by atoms with Gasteiger partial charge in [0.25, 0.3) is 0 Å². The zero-order chi connectivity index (χ0) is 20.8. The van der Waals surface area contributed by atoms with Crippen LogP contribution in [-0.4, -0.2) is 70.6 Å². The van der Waals surface area contributed by atoms with E-state index >= 15 is 0 Å². The van der Waals surface area contributed by atoms with Gasteiger partial charge in [-0.05, 0) is 26.7 Å². The van der Waals surface area contributed by atoms with Gasteiger partial charge < -0.3 is 24.6 Å². The number of ether oxygens (including phenoxy) is 1. The van der Waals surface area contributed by atoms with Gasteiger partial charge in [0, 0.05) is 58.6 Å². The number of guanidine groups is 1. The summed E-state index contributed by atoms with van der Waals surface area (Å²) in [6, 6.07) is 0. The van der Waals surface area contributed by atoms with Crippen LogP contribution in [0.5, 0.6) is 0 Å². The van der Waals surface area contributed by atoms with Gasteiger partial charge in [0.15, 0.2) is 5.96 Å². The molecule has 0 spiro atoms. The summed E-state index contributed by atoms with van der Waals surface area (Å²) in [4.78, 5) is 10.1. The van der Waals surface area contributed by atoms with Gasteiger partial charge in [-0.25, -0.2) is 4.98 Å². The third kappa shape index (κ3) is 6.45. The van der Waals surface area contributed by atoms with Crippen LogP contribution in [0.3, 0.4) is 0 Å². The van der Waals surface area contributed by atoms with Crippen LogP contribution in [0.25, 0.3) is 0 Å². The molecule has 2 heterocycles. The lowest BCUT2D eigenvalue weighted by Gasteiger charge is -2.34. The van der Waals surface area contributed by atoms with Gasteiger partial charge in [0.2, 0.25) is 5.60 Å². The average Bonchev–Trinajstić information content (AvgIpc) is 3.07. The summed E-state index contributed by atoms with van der Waals surface area (Å²) in [5.74, 6) is 0.125. The van der Waals surface area contributed by atoms with Crippen molar-refractivity contribution in [1.82, 2.24) is 19.8 Å². The lowest BCUT2D eigenvalue weighted by molar-refractivity contribution is -0.272. The van der Waals surface area contributed by atoms with Crippen molar-refractivity contribution in [3.63, 3.8) is 0 Å². The molecule has 168 valence electrons. The summed E-state index contributed by atoms with van der Waals surface area (Å²) in [7, 11) is 1.43. The number of nitrogens with one attached hydrogen (secondary N) is 1. The van der Waals surface area contributed by atoms with Gasteiger partial charge in [-0.15, -0.1) is 24.0 Å². The normalized spacial score (nSPS) is 18.3. The van der Waals surface area contributed by atoms with Crippen molar-refractivity contribution < 1.29 is 23.0 Å². The number of likely N-dealkylation sites (tertiary alicyclic amines) is 1. The first-order valence-corrected chi connectivity index (χ1v) is 9.64. The number of piperidine rings is 1. The molecular formula is C18H31F3IN5O2. The molecule has 1 aliphatic rings. The van der Waals surface area contributed by atoms with Gasteiger partial charge in [-0.2, -0.15) is 13.2 Å². The molecule has 1 saturated heterocycles. The van der Waals surface area contributed by atoms with Crippen LogP contribution in [-0.2, 0) is 17.4 Å². The van der Waals surface area contributed by atoms with Crippen LogP contribution in [0.2, 0.25) is 0 Å². The Hall–Kier alpha value is -1.08. The molecule has 29 heavy (non-hydrogen) atoms. The van der Waals surface area contributed by atoms with Crippen LogP contribution in [0, 0.1) is 0 Å². The number of nitrogens with zero attached hydrogens (tertiary/aromatic N) is 4. The highest BCUT2D eigenvalue weighted by molar-refractivity contribution is 14.0. The van der Waals surface area contributed by atoms with E-state index in [0.29, 0.717) is 19.1 Å². The summed E-state index contributed by atoms with van der Waals surface area (Å²) in [5.41, 5.74) is -3.05. The van der Waals surface area contributed by atoms with Crippen molar-refractivity contribution in [2.75, 3.05) is 32.8 Å². The maximum Gasteiger partial charge on any atom is 0.424 e. The zero-order valence-corrected chi connectivity index (χ0v) is 19.4. The summed E-state index contributed by atoms with van der Waals surface area (Å²) < 4.78 is 47.6. The van der Waals surface area contributed by atoms with E-state index in [-0.39, 0.29) is 36.6 Å². The monoisotopic (exact) mass is 533 g/mol. The van der Waals surface area contributed by atoms with Gasteiger partial charge in [0.05, 0.1) is 6.10 Å². The quantitative estimate of drug-likeness (QED) is 0.321. The molecule has 2 rings (SSSR count). The van der Waals surface area contributed by atoms with Crippen LogP contribution < -0.4 is 5.32 Å². The molecule has 1 unspecified atom stereocenters. The lowest BCUT2D eigenvalue weighted by Crippen LogP contribution is -2.48. The highest BCUT2D eigenvalue weighted by atomic mass is 127. The van der Waals surface area contributed by atoms with E-state index in [9.17, 15) is 18.3 Å². The third-order valence-electron chi connectivity index (χ3n) is 4.87. The number of aliphatic hydroxyl groups is 1. The summed E-state index contributed by atoms with van der Waals surface area (Å²) in [5, 5.41) is 13.5. The maximum atomic E-state index is 13.6. The van der Waals surface area contributed by atoms with E-state index in [2.05, 4.69) is 15.3 Å². The Morgan fingerprint density at radius 3 is 2.48 bits per heavy atom. The van der Waals surface area contributed by atoms with Crippen molar-refractivity contribution >= 4 is 29.9 Å². The number of alkyl halides is 3. The molecule has 0 bridgehead atoms. The fourth-order valence-corrected chi connectivity index (χ4v) is 3.36. The predicted molar refractivity (Wildman–Crippen MR) is 115 cm³/mol. The largest absolute Gasteiger partial charge is 0.424 e. The molecule has 11 heteroatoms. The average molecular weight is 533 g/mol. The summed E-state index contributed by atoms with van der Waals surface area (Å²) in [6.45, 7) is 6.40. The lowest BCUT2D eigenvalue weighted by atomic mass is 9.98. The second-order valence-electron chi connectivity index (χ2n) is 6.85. The molecule has 1 aromatic rings. The summed E-state index contributed by atoms with van der Waals surface area (Å²) in [6.07, 6.45) is -0.940. The first-order chi connectivity index (χ1) is 13.2. The number of hydrogen-bond acceptors (Lipinski definition) is 4. The first-order valence-electron chi connectivity index (χ1n) is 9.64. The second kappa shape index (κ2) is 11.3. The Bertz CT molecular complexity index is 648. The van der Waals surface area contributed by atoms with E-state index < -0.39 is 24.0 Å². The fraction of sp³-hybridized carbons (Fsp3) is 0.778. The van der Waals surface area contributed by atoms with Crippen LogP contribution >= 0.6 is 24.0 Å². The van der Waals surface area contributed by atoms with E-state index in [1.165, 1.54) is 24.0 Å². The van der Waals surface area contributed by atoms with Crippen LogP contribution in [0.4, 0.5) is 13.2 Å². The number of aromatic nitrogens is 2. The van der Waals surface area contributed by atoms with Gasteiger partial charge >= 0.3 is 6.18 Å². The number of aliphatic imine (C=N–C) groups is 1. The smallest absolute Gasteiger partial charge is 0.378 e. The first kappa shape index (κ1) is 26.0. The Morgan fingerprint density at radius 2 is 2.00 bits per heavy atom. The number of halogens is 4. The molecular weight excluding hydrogens is 502 g/mol. The minimum Gasteiger partial charge on any atom is -0.378 e. The van der Waals surface area contributed by atoms with E-state index in [1.54, 1.807) is 0 Å². The number of aryl methyl sites for hydroxylation is 1. The highest BCUT2D eigenvalue weighted by Crippen LogP contribution is 2.40. The number of rotatable bonds is 7. The second-order valence-corrected chi connectivity index (χ2v) is 6.85. The minimum absolute atomic E-state index is 0. The van der Waals surface area contributed by atoms with Crippen molar-refractivity contribution in [2.24, 2.45) is 12.0 Å². The van der Waals surface area contributed by atoms with Crippen molar-refractivity contribution in [2.45, 2.75) is 51.0 Å². The standard InChI is InChI=1S/C18H30F3N5O2.HI/c1-4-22-16(26-11-6-14(7-12-26)28-5-2)24-9-8-17(27,18(19,20)21)15-23-10-13-25(15)3;/h10,13-14,27H,4-9,11-12H2,1-3H3,(H,22,24);1H. The predicted octanol–water partition coefficient (Wildman–Crippen LogP) is 2.64.